The summed E-state index contributed by atoms with van der Waals surface area (Å²) in [5.41, 5.74) is 3.68. The molecule has 7 rings (SSSR count). The van der Waals surface area contributed by atoms with E-state index < -0.39 is 0 Å². The van der Waals surface area contributed by atoms with Gasteiger partial charge in [-0.1, -0.05) is 41.7 Å². The fraction of sp³-hybridized carbons (Fsp3) is 0.591. The van der Waals surface area contributed by atoms with E-state index in [-0.39, 0.29) is 0 Å². The Bertz CT molecular complexity index is 758. The van der Waals surface area contributed by atoms with Gasteiger partial charge in [0.05, 0.1) is 0 Å². The lowest BCUT2D eigenvalue weighted by Gasteiger charge is -2.55. The van der Waals surface area contributed by atoms with E-state index in [1.165, 1.54) is 62.3 Å². The van der Waals surface area contributed by atoms with Crippen molar-refractivity contribution in [3.8, 4) is 0 Å². The van der Waals surface area contributed by atoms with E-state index in [1.807, 2.05) is 11.3 Å². The molecule has 25 heavy (non-hydrogen) atoms. The smallest absolute Gasteiger partial charge is 0.244 e. The van der Waals surface area contributed by atoms with E-state index in [2.05, 4.69) is 45.2 Å². The molecule has 2 aromatic rings. The second kappa shape index (κ2) is 5.33. The Balaban J connectivity index is 1.33. The topological polar surface area (TPSA) is 7.12 Å². The molecule has 1 aromatic heterocycles. The standard InChI is InChI=1S/C22H27N2S/c1-2-4-16(5-3-1)14-23-6-7-24-20(15-25-21(23)24)22-11-17-8-18(12-22)10-19(9-17)13-22/h1-5,15,17-19H,6-14H2/q+1. The maximum absolute atomic E-state index is 2.71. The summed E-state index contributed by atoms with van der Waals surface area (Å²) in [7, 11) is 0. The zero-order valence-corrected chi connectivity index (χ0v) is 15.7. The molecular formula is C22H27N2S+. The van der Waals surface area contributed by atoms with Crippen molar-refractivity contribution >= 4 is 16.5 Å². The van der Waals surface area contributed by atoms with Crippen LogP contribution in [0.15, 0.2) is 35.7 Å². The van der Waals surface area contributed by atoms with Crippen LogP contribution in [0, 0.1) is 17.8 Å². The van der Waals surface area contributed by atoms with E-state index in [0.717, 1.165) is 24.3 Å². The molecule has 0 amide bonds. The molecule has 3 heteroatoms. The van der Waals surface area contributed by atoms with E-state index in [0.29, 0.717) is 5.41 Å². The van der Waals surface area contributed by atoms with Gasteiger partial charge in [-0.15, -0.1) is 0 Å². The molecular weight excluding hydrogens is 324 g/mol. The summed E-state index contributed by atoms with van der Waals surface area (Å²) in [4.78, 5) is 2.60. The van der Waals surface area contributed by atoms with Crippen LogP contribution in [0.3, 0.4) is 0 Å². The Morgan fingerprint density at radius 3 is 2.36 bits per heavy atom. The largest absolute Gasteiger partial charge is 0.336 e. The predicted molar refractivity (Wildman–Crippen MR) is 102 cm³/mol. The second-order valence-electron chi connectivity index (χ2n) is 9.16. The number of thiazole rings is 1. The third kappa shape index (κ3) is 2.24. The van der Waals surface area contributed by atoms with Crippen LogP contribution in [0.1, 0.15) is 49.8 Å². The molecule has 0 spiro atoms. The molecule has 0 saturated heterocycles. The zero-order valence-electron chi connectivity index (χ0n) is 14.9. The number of nitrogens with zero attached hydrogens (tertiary/aromatic N) is 2. The molecule has 4 saturated carbocycles. The van der Waals surface area contributed by atoms with Crippen LogP contribution < -0.4 is 9.47 Å². The van der Waals surface area contributed by atoms with Gasteiger partial charge in [0, 0.05) is 10.8 Å². The minimum absolute atomic E-state index is 0.534. The van der Waals surface area contributed by atoms with Crippen molar-refractivity contribution in [1.29, 1.82) is 0 Å². The average molecular weight is 352 g/mol. The lowest BCUT2D eigenvalue weighted by atomic mass is 9.49. The van der Waals surface area contributed by atoms with Crippen molar-refractivity contribution < 1.29 is 4.57 Å². The van der Waals surface area contributed by atoms with E-state index in [1.54, 1.807) is 5.69 Å². The summed E-state index contributed by atoms with van der Waals surface area (Å²) in [6, 6.07) is 11.0. The fourth-order valence-corrected chi connectivity index (χ4v) is 8.12. The van der Waals surface area contributed by atoms with Crippen LogP contribution in [0.5, 0.6) is 0 Å². The maximum atomic E-state index is 2.71. The lowest BCUT2D eigenvalue weighted by molar-refractivity contribution is -0.679. The number of rotatable bonds is 3. The predicted octanol–water partition coefficient (Wildman–Crippen LogP) is 4.52. The first-order valence-electron chi connectivity index (χ1n) is 10.1. The van der Waals surface area contributed by atoms with Gasteiger partial charge in [0.25, 0.3) is 0 Å². The average Bonchev–Trinajstić information content (AvgIpc) is 3.18. The fourth-order valence-electron chi connectivity index (χ4n) is 6.90. The van der Waals surface area contributed by atoms with Crippen LogP contribution in [-0.4, -0.2) is 6.54 Å². The van der Waals surface area contributed by atoms with Gasteiger partial charge in [-0.2, -0.15) is 0 Å². The van der Waals surface area contributed by atoms with Crippen molar-refractivity contribution in [2.75, 3.05) is 11.4 Å². The SMILES string of the molecule is c1ccc(CN2CC[n+]3c(C45CC6CC(CC(C6)C4)C5)csc32)cc1. The highest BCUT2D eigenvalue weighted by Crippen LogP contribution is 2.60. The molecule has 1 aromatic carbocycles. The Kier molecular flexibility index (Phi) is 3.15. The summed E-state index contributed by atoms with van der Waals surface area (Å²) in [5.74, 6) is 3.10. The van der Waals surface area contributed by atoms with Gasteiger partial charge in [-0.25, -0.2) is 9.47 Å². The van der Waals surface area contributed by atoms with Crippen molar-refractivity contribution in [3.05, 3.63) is 47.0 Å². The van der Waals surface area contributed by atoms with Gasteiger partial charge in [-0.05, 0) is 61.8 Å². The molecule has 2 nitrogen and oxygen atoms in total. The highest BCUT2D eigenvalue weighted by Gasteiger charge is 2.55. The molecule has 5 aliphatic rings. The van der Waals surface area contributed by atoms with Crippen molar-refractivity contribution in [2.24, 2.45) is 17.8 Å². The Morgan fingerprint density at radius 1 is 1.00 bits per heavy atom. The van der Waals surface area contributed by atoms with Gasteiger partial charge in [0.1, 0.15) is 25.3 Å². The molecule has 1 aliphatic heterocycles. The van der Waals surface area contributed by atoms with Crippen molar-refractivity contribution in [1.82, 2.24) is 0 Å². The van der Waals surface area contributed by atoms with Gasteiger partial charge in [0.15, 0.2) is 0 Å². The summed E-state index contributed by atoms with van der Waals surface area (Å²) in [6.45, 7) is 3.44. The third-order valence-electron chi connectivity index (χ3n) is 7.46. The number of hydrogen-bond acceptors (Lipinski definition) is 2. The van der Waals surface area contributed by atoms with Gasteiger partial charge >= 0.3 is 5.13 Å². The summed E-state index contributed by atoms with van der Waals surface area (Å²) in [6.07, 6.45) is 9.05. The molecule has 0 unspecified atom stereocenters. The van der Waals surface area contributed by atoms with Gasteiger partial charge < -0.3 is 0 Å². The third-order valence-corrected chi connectivity index (χ3v) is 8.49. The highest BCUT2D eigenvalue weighted by atomic mass is 32.1. The summed E-state index contributed by atoms with van der Waals surface area (Å²) in [5, 5.41) is 4.05. The Hall–Kier alpha value is -1.35. The minimum Gasteiger partial charge on any atom is -0.244 e. The summed E-state index contributed by atoms with van der Waals surface area (Å²) >= 11 is 2.00. The van der Waals surface area contributed by atoms with E-state index in [9.17, 15) is 0 Å². The Morgan fingerprint density at radius 2 is 1.68 bits per heavy atom. The Labute approximate surface area is 154 Å². The molecule has 0 radical (unpaired) electrons. The molecule has 0 atom stereocenters. The second-order valence-corrected chi connectivity index (χ2v) is 10.00. The maximum Gasteiger partial charge on any atom is 0.336 e. The molecule has 4 aliphatic carbocycles. The van der Waals surface area contributed by atoms with E-state index in [4.69, 9.17) is 0 Å². The van der Waals surface area contributed by atoms with Gasteiger partial charge in [0.2, 0.25) is 0 Å². The number of hydrogen-bond donors (Lipinski definition) is 0. The van der Waals surface area contributed by atoms with E-state index >= 15 is 0 Å². The molecule has 4 bridgehead atoms. The molecule has 2 heterocycles. The number of anilines is 1. The van der Waals surface area contributed by atoms with Gasteiger partial charge in [-0.3, -0.25) is 0 Å². The van der Waals surface area contributed by atoms with Crippen LogP contribution in [0.25, 0.3) is 0 Å². The first kappa shape index (κ1) is 14.8. The number of benzene rings is 1. The highest BCUT2D eigenvalue weighted by molar-refractivity contribution is 7.13. The van der Waals surface area contributed by atoms with Crippen molar-refractivity contribution in [3.63, 3.8) is 0 Å². The lowest BCUT2D eigenvalue weighted by Crippen LogP contribution is -2.53. The summed E-state index contributed by atoms with van der Waals surface area (Å²) < 4.78 is 2.71. The first-order valence-corrected chi connectivity index (χ1v) is 11.0. The monoisotopic (exact) mass is 351 g/mol. The number of aromatic nitrogens is 1. The van der Waals surface area contributed by atoms with Crippen LogP contribution in [0.2, 0.25) is 0 Å². The quantitative estimate of drug-likeness (QED) is 0.737. The van der Waals surface area contributed by atoms with Crippen LogP contribution in [0.4, 0.5) is 5.13 Å². The van der Waals surface area contributed by atoms with Crippen LogP contribution >= 0.6 is 11.3 Å². The normalized spacial score (nSPS) is 35.4. The molecule has 130 valence electrons. The molecule has 4 fully saturated rings. The number of fused-ring (bicyclic) bond motifs is 1. The first-order chi connectivity index (χ1) is 12.3. The van der Waals surface area contributed by atoms with Crippen LogP contribution in [-0.2, 0) is 18.5 Å². The minimum atomic E-state index is 0.534. The van der Waals surface area contributed by atoms with Crippen molar-refractivity contribution in [2.45, 2.75) is 57.0 Å². The molecule has 0 N–H and O–H groups in total. The zero-order chi connectivity index (χ0) is 16.4.